The molecule has 6 heteroatoms. The lowest BCUT2D eigenvalue weighted by atomic mass is 10.1. The van der Waals surface area contributed by atoms with Crippen LogP contribution in [0.15, 0.2) is 33.5 Å². The molecular formula is C14H12O6. The van der Waals surface area contributed by atoms with Crippen molar-refractivity contribution in [3.05, 3.63) is 45.8 Å². The van der Waals surface area contributed by atoms with E-state index in [4.69, 9.17) is 4.42 Å². The van der Waals surface area contributed by atoms with Gasteiger partial charge in [0.1, 0.15) is 23.3 Å². The molecule has 0 atom stereocenters. The summed E-state index contributed by atoms with van der Waals surface area (Å²) in [6.07, 6.45) is -0.318. The summed E-state index contributed by atoms with van der Waals surface area (Å²) < 4.78 is 14.6. The highest BCUT2D eigenvalue weighted by Gasteiger charge is 2.23. The highest BCUT2D eigenvalue weighted by molar-refractivity contribution is 5.95. The van der Waals surface area contributed by atoms with E-state index in [0.717, 1.165) is 7.11 Å². The Bertz CT molecular complexity index is 728. The number of carbonyl (C=O) groups is 2. The molecule has 2 aromatic rings. The second-order valence-electron chi connectivity index (χ2n) is 3.97. The van der Waals surface area contributed by atoms with Crippen LogP contribution in [0.5, 0.6) is 0 Å². The summed E-state index contributed by atoms with van der Waals surface area (Å²) in [5, 5.41) is 0.251. The van der Waals surface area contributed by atoms with Gasteiger partial charge in [-0.15, -0.1) is 0 Å². The minimum absolute atomic E-state index is 0.0626. The van der Waals surface area contributed by atoms with Gasteiger partial charge in [-0.1, -0.05) is 12.1 Å². The molecular weight excluding hydrogens is 264 g/mol. The molecule has 0 amide bonds. The molecule has 0 fully saturated rings. The fourth-order valence-corrected chi connectivity index (χ4v) is 1.82. The van der Waals surface area contributed by atoms with Gasteiger partial charge in [-0.3, -0.25) is 9.59 Å². The van der Waals surface area contributed by atoms with Crippen molar-refractivity contribution in [2.75, 3.05) is 14.2 Å². The van der Waals surface area contributed by atoms with E-state index < -0.39 is 17.4 Å². The Kier molecular flexibility index (Phi) is 3.84. The zero-order valence-corrected chi connectivity index (χ0v) is 11.0. The van der Waals surface area contributed by atoms with Gasteiger partial charge in [-0.05, 0) is 12.1 Å². The first kappa shape index (κ1) is 13.8. The van der Waals surface area contributed by atoms with Gasteiger partial charge in [0.05, 0.1) is 19.6 Å². The van der Waals surface area contributed by atoms with Crippen LogP contribution in [0.1, 0.15) is 16.1 Å². The molecule has 0 saturated heterocycles. The van der Waals surface area contributed by atoms with E-state index >= 15 is 0 Å². The molecule has 0 bridgehead atoms. The number of esters is 2. The van der Waals surface area contributed by atoms with Gasteiger partial charge < -0.3 is 13.9 Å². The van der Waals surface area contributed by atoms with Crippen molar-refractivity contribution < 1.29 is 23.5 Å². The lowest BCUT2D eigenvalue weighted by Gasteiger charge is -2.07. The second-order valence-corrected chi connectivity index (χ2v) is 3.97. The van der Waals surface area contributed by atoms with E-state index in [9.17, 15) is 14.4 Å². The highest BCUT2D eigenvalue weighted by Crippen LogP contribution is 2.17. The first-order valence-electron chi connectivity index (χ1n) is 5.78. The van der Waals surface area contributed by atoms with Crippen molar-refractivity contribution in [1.29, 1.82) is 0 Å². The monoisotopic (exact) mass is 276 g/mol. The van der Waals surface area contributed by atoms with Crippen LogP contribution in [0.3, 0.4) is 0 Å². The third-order valence-electron chi connectivity index (χ3n) is 2.79. The van der Waals surface area contributed by atoms with Crippen LogP contribution in [0.25, 0.3) is 11.0 Å². The van der Waals surface area contributed by atoms with Crippen LogP contribution in [-0.2, 0) is 20.7 Å². The van der Waals surface area contributed by atoms with Crippen LogP contribution >= 0.6 is 0 Å². The fourth-order valence-electron chi connectivity index (χ4n) is 1.82. The Hall–Kier alpha value is -2.63. The van der Waals surface area contributed by atoms with Crippen molar-refractivity contribution in [1.82, 2.24) is 0 Å². The average Bonchev–Trinajstić information content (AvgIpc) is 2.46. The van der Waals surface area contributed by atoms with Crippen molar-refractivity contribution in [2.45, 2.75) is 6.42 Å². The topological polar surface area (TPSA) is 82.8 Å². The summed E-state index contributed by atoms with van der Waals surface area (Å²) in [5.74, 6) is -1.52. The summed E-state index contributed by atoms with van der Waals surface area (Å²) in [5.41, 5.74) is -0.516. The first-order valence-corrected chi connectivity index (χ1v) is 5.78. The largest absolute Gasteiger partial charge is 0.469 e. The van der Waals surface area contributed by atoms with E-state index in [1.807, 2.05) is 0 Å². The van der Waals surface area contributed by atoms with Gasteiger partial charge in [-0.25, -0.2) is 4.79 Å². The van der Waals surface area contributed by atoms with E-state index in [-0.39, 0.29) is 23.1 Å². The van der Waals surface area contributed by atoms with Gasteiger partial charge in [0.15, 0.2) is 0 Å². The molecule has 20 heavy (non-hydrogen) atoms. The third kappa shape index (κ3) is 2.40. The Morgan fingerprint density at radius 3 is 2.50 bits per heavy atom. The maximum atomic E-state index is 12.3. The number of rotatable bonds is 3. The van der Waals surface area contributed by atoms with Crippen molar-refractivity contribution >= 4 is 22.9 Å². The third-order valence-corrected chi connectivity index (χ3v) is 2.79. The maximum Gasteiger partial charge on any atom is 0.345 e. The predicted molar refractivity (Wildman–Crippen MR) is 69.5 cm³/mol. The molecule has 0 aliphatic rings. The quantitative estimate of drug-likeness (QED) is 0.786. The van der Waals surface area contributed by atoms with Crippen LogP contribution in [0.2, 0.25) is 0 Å². The number of fused-ring (bicyclic) bond motifs is 1. The molecule has 1 aromatic carbocycles. The minimum Gasteiger partial charge on any atom is -0.469 e. The highest BCUT2D eigenvalue weighted by atomic mass is 16.5. The molecule has 104 valence electrons. The molecule has 2 rings (SSSR count). The van der Waals surface area contributed by atoms with E-state index in [1.54, 1.807) is 18.2 Å². The number of hydrogen-bond donors (Lipinski definition) is 0. The van der Waals surface area contributed by atoms with E-state index in [1.165, 1.54) is 13.2 Å². The van der Waals surface area contributed by atoms with Gasteiger partial charge >= 0.3 is 11.9 Å². The lowest BCUT2D eigenvalue weighted by molar-refractivity contribution is -0.140. The van der Waals surface area contributed by atoms with Crippen molar-refractivity contribution in [2.24, 2.45) is 0 Å². The molecule has 0 aliphatic heterocycles. The van der Waals surface area contributed by atoms with Crippen molar-refractivity contribution in [3.63, 3.8) is 0 Å². The second kappa shape index (κ2) is 5.56. The van der Waals surface area contributed by atoms with Crippen LogP contribution < -0.4 is 5.43 Å². The van der Waals surface area contributed by atoms with Gasteiger partial charge in [0.2, 0.25) is 5.43 Å². The van der Waals surface area contributed by atoms with Crippen LogP contribution in [-0.4, -0.2) is 26.2 Å². The number of methoxy groups -OCH3 is 2. The van der Waals surface area contributed by atoms with Gasteiger partial charge in [0, 0.05) is 0 Å². The zero-order chi connectivity index (χ0) is 14.7. The Morgan fingerprint density at radius 2 is 1.85 bits per heavy atom. The molecule has 0 unspecified atom stereocenters. The molecule has 1 aromatic heterocycles. The van der Waals surface area contributed by atoms with Crippen LogP contribution in [0, 0.1) is 0 Å². The Balaban J connectivity index is 2.73. The SMILES string of the molecule is COC(=O)Cc1oc2ccccc2c(=O)c1C(=O)OC. The molecule has 0 N–H and O–H groups in total. The van der Waals surface area contributed by atoms with Crippen molar-refractivity contribution in [3.8, 4) is 0 Å². The summed E-state index contributed by atoms with van der Waals surface area (Å²) in [6.45, 7) is 0. The molecule has 0 saturated carbocycles. The molecule has 0 radical (unpaired) electrons. The molecule has 0 spiro atoms. The fraction of sp³-hybridized carbons (Fsp3) is 0.214. The van der Waals surface area contributed by atoms with Gasteiger partial charge in [0.25, 0.3) is 0 Å². The predicted octanol–water partition coefficient (Wildman–Crippen LogP) is 1.30. The number of ether oxygens (including phenoxy) is 2. The first-order chi connectivity index (χ1) is 9.58. The number of carbonyl (C=O) groups excluding carboxylic acids is 2. The molecule has 0 aliphatic carbocycles. The number of hydrogen-bond acceptors (Lipinski definition) is 6. The lowest BCUT2D eigenvalue weighted by Crippen LogP contribution is -2.21. The standard InChI is InChI=1S/C14H12O6/c1-18-11(15)7-10-12(14(17)19-2)13(16)8-5-3-4-6-9(8)20-10/h3-6H,7H2,1-2H3. The van der Waals surface area contributed by atoms with Gasteiger partial charge in [-0.2, -0.15) is 0 Å². The number of benzene rings is 1. The minimum atomic E-state index is -0.844. The zero-order valence-electron chi connectivity index (χ0n) is 11.0. The average molecular weight is 276 g/mol. The van der Waals surface area contributed by atoms with E-state index in [0.29, 0.717) is 5.58 Å². The summed E-state index contributed by atoms with van der Waals surface area (Å²) in [4.78, 5) is 35.4. The maximum absolute atomic E-state index is 12.3. The Morgan fingerprint density at radius 1 is 1.15 bits per heavy atom. The normalized spacial score (nSPS) is 10.3. The molecule has 1 heterocycles. The smallest absolute Gasteiger partial charge is 0.345 e. The Labute approximate surface area is 113 Å². The number of para-hydroxylation sites is 1. The van der Waals surface area contributed by atoms with E-state index in [2.05, 4.69) is 9.47 Å². The summed E-state index contributed by atoms with van der Waals surface area (Å²) in [7, 11) is 2.36. The van der Waals surface area contributed by atoms with Crippen LogP contribution in [0.4, 0.5) is 0 Å². The molecule has 6 nitrogen and oxygen atoms in total. The summed E-state index contributed by atoms with van der Waals surface area (Å²) in [6, 6.07) is 6.46. The summed E-state index contributed by atoms with van der Waals surface area (Å²) >= 11 is 0.